The van der Waals surface area contributed by atoms with Crippen molar-refractivity contribution in [2.75, 3.05) is 6.54 Å². The summed E-state index contributed by atoms with van der Waals surface area (Å²) in [7, 11) is 1.82. The highest BCUT2D eigenvalue weighted by molar-refractivity contribution is 6.00. The van der Waals surface area contributed by atoms with Crippen LogP contribution in [0.15, 0.2) is 36.4 Å². The SMILES string of the molecule is Cc1nc2c(cc1C(=O)NCC(=O)NCc1ccccc1)c(C)nn2C. The number of carbonyl (C=O) groups excluding carboxylic acids is 2. The van der Waals surface area contributed by atoms with Crippen molar-refractivity contribution in [3.63, 3.8) is 0 Å². The minimum Gasteiger partial charge on any atom is -0.350 e. The summed E-state index contributed by atoms with van der Waals surface area (Å²) in [5, 5.41) is 10.6. The molecule has 26 heavy (non-hydrogen) atoms. The molecule has 0 atom stereocenters. The molecule has 0 spiro atoms. The smallest absolute Gasteiger partial charge is 0.253 e. The quantitative estimate of drug-likeness (QED) is 0.731. The maximum atomic E-state index is 12.4. The number of aromatic nitrogens is 3. The van der Waals surface area contributed by atoms with E-state index in [9.17, 15) is 9.59 Å². The van der Waals surface area contributed by atoms with E-state index < -0.39 is 0 Å². The van der Waals surface area contributed by atoms with Crippen molar-refractivity contribution in [3.05, 3.63) is 58.9 Å². The van der Waals surface area contributed by atoms with Crippen LogP contribution in [0.2, 0.25) is 0 Å². The summed E-state index contributed by atoms with van der Waals surface area (Å²) in [6.45, 7) is 3.98. The fourth-order valence-corrected chi connectivity index (χ4v) is 2.78. The molecular weight excluding hydrogens is 330 g/mol. The van der Waals surface area contributed by atoms with E-state index in [1.165, 1.54) is 0 Å². The van der Waals surface area contributed by atoms with Gasteiger partial charge in [0.25, 0.3) is 5.91 Å². The molecule has 2 N–H and O–H groups in total. The third-order valence-corrected chi connectivity index (χ3v) is 4.18. The third-order valence-electron chi connectivity index (χ3n) is 4.18. The molecule has 2 aromatic heterocycles. The molecule has 7 nitrogen and oxygen atoms in total. The van der Waals surface area contributed by atoms with Crippen LogP contribution in [0.5, 0.6) is 0 Å². The topological polar surface area (TPSA) is 88.9 Å². The predicted molar refractivity (Wildman–Crippen MR) is 98.6 cm³/mol. The number of benzene rings is 1. The van der Waals surface area contributed by atoms with Gasteiger partial charge in [-0.2, -0.15) is 5.10 Å². The van der Waals surface area contributed by atoms with Gasteiger partial charge in [0.15, 0.2) is 5.65 Å². The molecule has 0 saturated carbocycles. The Morgan fingerprint density at radius 2 is 1.81 bits per heavy atom. The molecule has 3 aromatic rings. The molecule has 0 fully saturated rings. The molecule has 2 heterocycles. The molecule has 1 aromatic carbocycles. The van der Waals surface area contributed by atoms with Gasteiger partial charge in [-0.25, -0.2) is 4.98 Å². The van der Waals surface area contributed by atoms with Gasteiger partial charge < -0.3 is 10.6 Å². The Labute approximate surface area is 151 Å². The molecule has 0 saturated heterocycles. The maximum Gasteiger partial charge on any atom is 0.253 e. The lowest BCUT2D eigenvalue weighted by molar-refractivity contribution is -0.120. The summed E-state index contributed by atoms with van der Waals surface area (Å²) in [5.41, 5.74) is 3.60. The van der Waals surface area contributed by atoms with E-state index >= 15 is 0 Å². The molecule has 134 valence electrons. The zero-order chi connectivity index (χ0) is 18.7. The number of aryl methyl sites for hydroxylation is 3. The van der Waals surface area contributed by atoms with Crippen LogP contribution in [-0.2, 0) is 18.4 Å². The number of nitrogens with one attached hydrogen (secondary N) is 2. The normalized spacial score (nSPS) is 10.7. The Kier molecular flexibility index (Phi) is 4.97. The van der Waals surface area contributed by atoms with Crippen LogP contribution >= 0.6 is 0 Å². The van der Waals surface area contributed by atoms with Gasteiger partial charge in [0.2, 0.25) is 5.91 Å². The van der Waals surface area contributed by atoms with Crippen molar-refractivity contribution in [2.24, 2.45) is 7.05 Å². The van der Waals surface area contributed by atoms with E-state index in [4.69, 9.17) is 0 Å². The first-order valence-corrected chi connectivity index (χ1v) is 8.35. The lowest BCUT2D eigenvalue weighted by Crippen LogP contribution is -2.36. The monoisotopic (exact) mass is 351 g/mol. The van der Waals surface area contributed by atoms with Crippen LogP contribution in [0, 0.1) is 13.8 Å². The molecule has 7 heteroatoms. The van der Waals surface area contributed by atoms with E-state index in [0.717, 1.165) is 22.3 Å². The molecule has 3 rings (SSSR count). The number of carbonyl (C=O) groups is 2. The van der Waals surface area contributed by atoms with E-state index in [2.05, 4.69) is 20.7 Å². The van der Waals surface area contributed by atoms with Crippen LogP contribution in [0.25, 0.3) is 11.0 Å². The molecule has 0 aliphatic rings. The first-order chi connectivity index (χ1) is 12.5. The molecule has 0 aliphatic heterocycles. The highest BCUT2D eigenvalue weighted by atomic mass is 16.2. The summed E-state index contributed by atoms with van der Waals surface area (Å²) in [6, 6.07) is 11.4. The van der Waals surface area contributed by atoms with Crippen molar-refractivity contribution in [2.45, 2.75) is 20.4 Å². The number of rotatable bonds is 5. The molecular formula is C19H21N5O2. The largest absolute Gasteiger partial charge is 0.350 e. The van der Waals surface area contributed by atoms with Gasteiger partial charge in [-0.05, 0) is 25.5 Å². The highest BCUT2D eigenvalue weighted by Gasteiger charge is 2.16. The molecule has 0 unspecified atom stereocenters. The van der Waals surface area contributed by atoms with Crippen molar-refractivity contribution >= 4 is 22.8 Å². The van der Waals surface area contributed by atoms with Gasteiger partial charge in [-0.3, -0.25) is 14.3 Å². The number of nitrogens with zero attached hydrogens (tertiary/aromatic N) is 3. The van der Waals surface area contributed by atoms with Crippen LogP contribution in [-0.4, -0.2) is 33.1 Å². The lowest BCUT2D eigenvalue weighted by Gasteiger charge is -2.09. The van der Waals surface area contributed by atoms with Crippen molar-refractivity contribution in [3.8, 4) is 0 Å². The fourth-order valence-electron chi connectivity index (χ4n) is 2.78. The zero-order valence-corrected chi connectivity index (χ0v) is 15.0. The Morgan fingerprint density at radius 3 is 2.54 bits per heavy atom. The van der Waals surface area contributed by atoms with E-state index in [1.807, 2.05) is 44.3 Å². The van der Waals surface area contributed by atoms with Gasteiger partial charge in [0.1, 0.15) is 0 Å². The predicted octanol–water partition coefficient (Wildman–Crippen LogP) is 1.63. The van der Waals surface area contributed by atoms with Gasteiger partial charge in [0, 0.05) is 19.0 Å². The summed E-state index contributed by atoms with van der Waals surface area (Å²) in [4.78, 5) is 28.9. The van der Waals surface area contributed by atoms with E-state index in [-0.39, 0.29) is 18.4 Å². The van der Waals surface area contributed by atoms with Gasteiger partial charge in [-0.1, -0.05) is 30.3 Å². The summed E-state index contributed by atoms with van der Waals surface area (Å²) in [5.74, 6) is -0.568. The molecule has 0 aliphatic carbocycles. The maximum absolute atomic E-state index is 12.4. The highest BCUT2D eigenvalue weighted by Crippen LogP contribution is 2.19. The zero-order valence-electron chi connectivity index (χ0n) is 15.0. The van der Waals surface area contributed by atoms with E-state index in [0.29, 0.717) is 17.8 Å². The average Bonchev–Trinajstić information content (AvgIpc) is 2.91. The standard InChI is InChI=1S/C19H21N5O2/c1-12-16(9-15-13(2)23-24(3)18(15)22-12)19(26)21-11-17(25)20-10-14-7-5-4-6-8-14/h4-9H,10-11H2,1-3H3,(H,20,25)(H,21,26). The van der Waals surface area contributed by atoms with Gasteiger partial charge in [0.05, 0.1) is 23.5 Å². The lowest BCUT2D eigenvalue weighted by atomic mass is 10.1. The number of pyridine rings is 1. The first kappa shape index (κ1) is 17.6. The molecule has 2 amide bonds. The summed E-state index contributed by atoms with van der Waals surface area (Å²) >= 11 is 0. The second-order valence-electron chi connectivity index (χ2n) is 6.15. The van der Waals surface area contributed by atoms with Crippen molar-refractivity contribution < 1.29 is 9.59 Å². The average molecular weight is 351 g/mol. The number of hydrogen-bond acceptors (Lipinski definition) is 4. The van der Waals surface area contributed by atoms with Crippen LogP contribution in [0.3, 0.4) is 0 Å². The van der Waals surface area contributed by atoms with Crippen LogP contribution in [0.1, 0.15) is 27.3 Å². The fraction of sp³-hybridized carbons (Fsp3) is 0.263. The van der Waals surface area contributed by atoms with Crippen molar-refractivity contribution in [1.29, 1.82) is 0 Å². The third kappa shape index (κ3) is 3.72. The van der Waals surface area contributed by atoms with E-state index in [1.54, 1.807) is 17.7 Å². The number of fused-ring (bicyclic) bond motifs is 1. The minimum absolute atomic E-state index is 0.0881. The Morgan fingerprint density at radius 1 is 1.08 bits per heavy atom. The minimum atomic E-state index is -0.324. The Bertz CT molecular complexity index is 963. The summed E-state index contributed by atoms with van der Waals surface area (Å²) < 4.78 is 1.69. The first-order valence-electron chi connectivity index (χ1n) is 8.35. The number of amides is 2. The second-order valence-corrected chi connectivity index (χ2v) is 6.15. The number of hydrogen-bond donors (Lipinski definition) is 2. The Balaban J connectivity index is 1.63. The van der Waals surface area contributed by atoms with Crippen molar-refractivity contribution in [1.82, 2.24) is 25.4 Å². The molecule has 0 radical (unpaired) electrons. The molecule has 0 bridgehead atoms. The second kappa shape index (κ2) is 7.35. The Hall–Kier alpha value is -3.22. The van der Waals surface area contributed by atoms with Gasteiger partial charge >= 0.3 is 0 Å². The van der Waals surface area contributed by atoms with Crippen LogP contribution in [0.4, 0.5) is 0 Å². The summed E-state index contributed by atoms with van der Waals surface area (Å²) in [6.07, 6.45) is 0. The van der Waals surface area contributed by atoms with Gasteiger partial charge in [-0.15, -0.1) is 0 Å². The van der Waals surface area contributed by atoms with Crippen LogP contribution < -0.4 is 10.6 Å².